The monoisotopic (exact) mass is 461 g/mol. The minimum absolute atomic E-state index is 0.133. The van der Waals surface area contributed by atoms with Gasteiger partial charge in [0.2, 0.25) is 5.82 Å². The molecule has 0 aromatic heterocycles. The molecular formula is C25H24F5N3. The Balaban J connectivity index is 1.40. The fourth-order valence-corrected chi connectivity index (χ4v) is 6.32. The zero-order valence-corrected chi connectivity index (χ0v) is 17.9. The van der Waals surface area contributed by atoms with Gasteiger partial charge in [-0.3, -0.25) is 0 Å². The summed E-state index contributed by atoms with van der Waals surface area (Å²) < 4.78 is 68.3. The Labute approximate surface area is 188 Å². The van der Waals surface area contributed by atoms with Crippen molar-refractivity contribution in [2.24, 2.45) is 28.5 Å². The molecule has 2 aromatic rings. The lowest BCUT2D eigenvalue weighted by Gasteiger charge is -2.54. The van der Waals surface area contributed by atoms with Crippen molar-refractivity contribution >= 4 is 23.8 Å². The first kappa shape index (κ1) is 21.9. The number of guanidine groups is 1. The van der Waals surface area contributed by atoms with E-state index in [2.05, 4.69) is 5.32 Å². The quantitative estimate of drug-likeness (QED) is 0.141. The molecule has 0 unspecified atom stereocenters. The van der Waals surface area contributed by atoms with Crippen molar-refractivity contribution in [3.63, 3.8) is 0 Å². The number of hydrogen-bond acceptors (Lipinski definition) is 1. The van der Waals surface area contributed by atoms with Crippen LogP contribution in [0.2, 0.25) is 0 Å². The predicted octanol–water partition coefficient (Wildman–Crippen LogP) is 6.25. The highest BCUT2D eigenvalue weighted by atomic mass is 19.2. The number of benzene rings is 2. The van der Waals surface area contributed by atoms with Gasteiger partial charge in [-0.05, 0) is 74.0 Å². The van der Waals surface area contributed by atoms with Crippen molar-refractivity contribution in [2.45, 2.75) is 44.1 Å². The number of para-hydroxylation sites is 1. The van der Waals surface area contributed by atoms with Gasteiger partial charge in [-0.25, -0.2) is 26.9 Å². The van der Waals surface area contributed by atoms with E-state index in [4.69, 9.17) is 10.7 Å². The zero-order valence-electron chi connectivity index (χ0n) is 17.9. The molecule has 3 N–H and O–H groups in total. The summed E-state index contributed by atoms with van der Waals surface area (Å²) in [5, 5.41) is 3.06. The Morgan fingerprint density at radius 3 is 1.91 bits per heavy atom. The summed E-state index contributed by atoms with van der Waals surface area (Å²) in [6, 6.07) is 6.79. The van der Waals surface area contributed by atoms with E-state index < -0.39 is 34.6 Å². The molecule has 0 heterocycles. The first-order valence-corrected chi connectivity index (χ1v) is 11.2. The molecule has 4 saturated carbocycles. The highest BCUT2D eigenvalue weighted by Gasteiger charge is 2.51. The van der Waals surface area contributed by atoms with Gasteiger partial charge in [0.05, 0.1) is 11.1 Å². The smallest absolute Gasteiger partial charge is 0.200 e. The summed E-state index contributed by atoms with van der Waals surface area (Å²) in [5.41, 5.74) is 6.11. The molecular weight excluding hydrogens is 437 g/mol. The summed E-state index contributed by atoms with van der Waals surface area (Å²) in [7, 11) is 0. The third-order valence-corrected chi connectivity index (χ3v) is 7.26. The molecule has 0 amide bonds. The van der Waals surface area contributed by atoms with E-state index in [-0.39, 0.29) is 11.5 Å². The molecule has 8 heteroatoms. The van der Waals surface area contributed by atoms with E-state index >= 15 is 0 Å². The molecule has 4 bridgehead atoms. The van der Waals surface area contributed by atoms with Crippen LogP contribution >= 0.6 is 0 Å². The van der Waals surface area contributed by atoms with E-state index in [1.54, 1.807) is 24.3 Å². The second-order valence-electron chi connectivity index (χ2n) is 9.67. The summed E-state index contributed by atoms with van der Waals surface area (Å²) >= 11 is 0. The second-order valence-corrected chi connectivity index (χ2v) is 9.67. The fraction of sp³-hybridized carbons (Fsp3) is 0.400. The predicted molar refractivity (Wildman–Crippen MR) is 118 cm³/mol. The van der Waals surface area contributed by atoms with Crippen molar-refractivity contribution in [3.05, 3.63) is 64.5 Å². The lowest BCUT2D eigenvalue weighted by Crippen LogP contribution is -2.50. The van der Waals surface area contributed by atoms with Gasteiger partial charge in [-0.1, -0.05) is 24.3 Å². The average Bonchev–Trinajstić information content (AvgIpc) is 2.76. The van der Waals surface area contributed by atoms with Gasteiger partial charge in [0, 0.05) is 5.69 Å². The van der Waals surface area contributed by atoms with Gasteiger partial charge in [0.25, 0.3) is 0 Å². The molecule has 0 aliphatic heterocycles. The summed E-state index contributed by atoms with van der Waals surface area (Å²) in [5.74, 6) is -7.50. The van der Waals surface area contributed by atoms with Crippen LogP contribution in [0.1, 0.15) is 49.7 Å². The topological polar surface area (TPSA) is 50.4 Å². The maximum atomic E-state index is 14.0. The molecule has 3 nitrogen and oxygen atoms in total. The lowest BCUT2D eigenvalue weighted by molar-refractivity contribution is 0.00163. The highest BCUT2D eigenvalue weighted by Crippen LogP contribution is 2.57. The van der Waals surface area contributed by atoms with Crippen LogP contribution in [0.3, 0.4) is 0 Å². The van der Waals surface area contributed by atoms with Gasteiger partial charge in [-0.2, -0.15) is 0 Å². The molecule has 0 spiro atoms. The normalized spacial score (nSPS) is 28.6. The van der Waals surface area contributed by atoms with Crippen LogP contribution in [-0.2, 0) is 0 Å². The summed E-state index contributed by atoms with van der Waals surface area (Å²) in [6.07, 6.45) is 9.13. The Morgan fingerprint density at radius 2 is 1.33 bits per heavy atom. The van der Waals surface area contributed by atoms with Crippen molar-refractivity contribution in [1.29, 1.82) is 0 Å². The van der Waals surface area contributed by atoms with Crippen molar-refractivity contribution in [1.82, 2.24) is 0 Å². The van der Waals surface area contributed by atoms with Crippen LogP contribution < -0.4 is 11.1 Å². The molecule has 6 rings (SSSR count). The van der Waals surface area contributed by atoms with Crippen LogP contribution in [0.5, 0.6) is 0 Å². The Morgan fingerprint density at radius 1 is 0.818 bits per heavy atom. The van der Waals surface area contributed by atoms with Gasteiger partial charge in [-0.15, -0.1) is 0 Å². The molecule has 4 fully saturated rings. The number of nitrogens with two attached hydrogens (primary N) is 1. The molecule has 0 radical (unpaired) electrons. The van der Waals surface area contributed by atoms with Crippen molar-refractivity contribution in [3.8, 4) is 0 Å². The summed E-state index contributed by atoms with van der Waals surface area (Å²) in [4.78, 5) is 4.88. The molecule has 4 aliphatic rings. The largest absolute Gasteiger partial charge is 0.370 e. The Bertz CT molecular complexity index is 1090. The third kappa shape index (κ3) is 4.00. The first-order chi connectivity index (χ1) is 15.7. The first-order valence-electron chi connectivity index (χ1n) is 11.2. The average molecular weight is 461 g/mol. The molecule has 4 aliphatic carbocycles. The molecule has 33 heavy (non-hydrogen) atoms. The fourth-order valence-electron chi connectivity index (χ4n) is 6.32. The van der Waals surface area contributed by atoms with E-state index in [1.807, 2.05) is 0 Å². The van der Waals surface area contributed by atoms with Crippen LogP contribution in [0.15, 0.2) is 29.3 Å². The lowest BCUT2D eigenvalue weighted by atomic mass is 9.53. The Hall–Kier alpha value is -2.90. The number of aliphatic imine (C=N–C) groups is 1. The maximum Gasteiger partial charge on any atom is 0.200 e. The number of anilines is 1. The number of hydrogen-bond donors (Lipinski definition) is 2. The summed E-state index contributed by atoms with van der Waals surface area (Å²) in [6.45, 7) is 0. The van der Waals surface area contributed by atoms with Crippen LogP contribution in [0, 0.1) is 46.8 Å². The number of rotatable bonds is 4. The number of halogens is 5. The van der Waals surface area contributed by atoms with Crippen molar-refractivity contribution in [2.75, 3.05) is 5.32 Å². The molecule has 0 saturated heterocycles. The third-order valence-electron chi connectivity index (χ3n) is 7.26. The van der Waals surface area contributed by atoms with Gasteiger partial charge < -0.3 is 11.1 Å². The van der Waals surface area contributed by atoms with Gasteiger partial charge >= 0.3 is 0 Å². The van der Waals surface area contributed by atoms with E-state index in [0.29, 0.717) is 29.0 Å². The second kappa shape index (κ2) is 8.15. The molecule has 2 aromatic carbocycles. The van der Waals surface area contributed by atoms with Crippen molar-refractivity contribution < 1.29 is 22.0 Å². The maximum absolute atomic E-state index is 14.0. The van der Waals surface area contributed by atoms with Crippen LogP contribution in [0.4, 0.5) is 27.6 Å². The van der Waals surface area contributed by atoms with Crippen LogP contribution in [0.25, 0.3) is 12.2 Å². The zero-order chi connectivity index (χ0) is 23.3. The SMILES string of the molecule is NC(=NC12CC3CC(CC(C3)C1)C2)Nc1ccccc1/C=C/c1c(F)c(F)c(F)c(F)c1F. The van der Waals surface area contributed by atoms with Gasteiger partial charge in [0.15, 0.2) is 29.2 Å². The van der Waals surface area contributed by atoms with Crippen LogP contribution in [-0.4, -0.2) is 11.5 Å². The van der Waals surface area contributed by atoms with E-state index in [1.165, 1.54) is 25.3 Å². The highest BCUT2D eigenvalue weighted by molar-refractivity contribution is 5.95. The minimum Gasteiger partial charge on any atom is -0.370 e. The molecule has 174 valence electrons. The number of nitrogens with one attached hydrogen (secondary N) is 1. The Kier molecular flexibility index (Phi) is 5.41. The standard InChI is InChI=1S/C25H24F5N3/c26-19-17(20(27)22(29)23(30)21(19)28)6-5-16-3-1-2-4-18(16)32-24(31)33-25-10-13-7-14(11-25)9-15(8-13)12-25/h1-6,13-15H,7-12H2,(H3,31,32,33)/b6-5+. The molecule has 0 atom stereocenters. The van der Waals surface area contributed by atoms with E-state index in [0.717, 1.165) is 25.3 Å². The van der Waals surface area contributed by atoms with E-state index in [9.17, 15) is 22.0 Å². The minimum atomic E-state index is -2.18. The van der Waals surface area contributed by atoms with Gasteiger partial charge in [0.1, 0.15) is 0 Å². The number of nitrogens with zero attached hydrogens (tertiary/aromatic N) is 1.